The Bertz CT molecular complexity index is 801. The number of carbonyl (C=O) groups excluding carboxylic acids is 2. The first kappa shape index (κ1) is 22.8. The minimum atomic E-state index is -0.276. The van der Waals surface area contributed by atoms with Crippen molar-refractivity contribution in [1.29, 1.82) is 0 Å². The van der Waals surface area contributed by atoms with E-state index in [1.807, 2.05) is 24.3 Å². The molecule has 1 aliphatic rings. The van der Waals surface area contributed by atoms with Crippen LogP contribution in [0.15, 0.2) is 48.5 Å². The molecule has 2 amide bonds. The van der Waals surface area contributed by atoms with Gasteiger partial charge in [-0.1, -0.05) is 24.3 Å². The number of nitrogens with one attached hydrogen (secondary N) is 1. The molecule has 1 fully saturated rings. The molecule has 3 rings (SSSR count). The van der Waals surface area contributed by atoms with Crippen molar-refractivity contribution >= 4 is 48.0 Å². The quantitative estimate of drug-likeness (QED) is 0.659. The Balaban J connectivity index is 0.00000182. The average molecular weight is 411 g/mol. The molecule has 8 heteroatoms. The summed E-state index contributed by atoms with van der Waals surface area (Å²) in [4.78, 5) is 26.0. The zero-order valence-corrected chi connectivity index (χ0v) is 16.4. The van der Waals surface area contributed by atoms with E-state index in [2.05, 4.69) is 10.2 Å². The van der Waals surface area contributed by atoms with Crippen molar-refractivity contribution in [1.82, 2.24) is 4.90 Å². The fourth-order valence-electron chi connectivity index (χ4n) is 3.22. The van der Waals surface area contributed by atoms with Crippen LogP contribution in [0.25, 0.3) is 0 Å². The van der Waals surface area contributed by atoms with Crippen LogP contribution in [0.1, 0.15) is 28.8 Å². The van der Waals surface area contributed by atoms with Gasteiger partial charge in [-0.05, 0) is 49.2 Å². The third kappa shape index (κ3) is 5.60. The molecule has 146 valence electrons. The van der Waals surface area contributed by atoms with Crippen LogP contribution >= 0.6 is 24.8 Å². The number of benzene rings is 2. The summed E-state index contributed by atoms with van der Waals surface area (Å²) in [5, 5.41) is 2.87. The number of para-hydroxylation sites is 1. The van der Waals surface area contributed by atoms with Crippen molar-refractivity contribution in [2.75, 3.05) is 17.6 Å². The van der Waals surface area contributed by atoms with Gasteiger partial charge in [0, 0.05) is 17.9 Å². The van der Waals surface area contributed by atoms with E-state index in [9.17, 15) is 9.59 Å². The summed E-state index contributed by atoms with van der Waals surface area (Å²) in [5.41, 5.74) is 13.9. The number of nitrogens with two attached hydrogens (primary N) is 2. The molecule has 2 aromatic carbocycles. The first-order valence-corrected chi connectivity index (χ1v) is 8.33. The van der Waals surface area contributed by atoms with E-state index in [0.717, 1.165) is 24.9 Å². The largest absolute Gasteiger partial charge is 0.398 e. The van der Waals surface area contributed by atoms with Gasteiger partial charge in [0.1, 0.15) is 0 Å². The number of primary amides is 1. The van der Waals surface area contributed by atoms with E-state index in [-0.39, 0.29) is 42.7 Å². The van der Waals surface area contributed by atoms with E-state index in [0.29, 0.717) is 23.5 Å². The summed E-state index contributed by atoms with van der Waals surface area (Å²) in [6.45, 7) is 1.48. The Morgan fingerprint density at radius 3 is 2.56 bits per heavy atom. The van der Waals surface area contributed by atoms with Crippen molar-refractivity contribution in [3.05, 3.63) is 59.7 Å². The molecule has 0 radical (unpaired) electrons. The molecule has 0 spiro atoms. The zero-order valence-electron chi connectivity index (χ0n) is 14.8. The van der Waals surface area contributed by atoms with Gasteiger partial charge in [0.2, 0.25) is 5.91 Å². The molecule has 1 heterocycles. The molecule has 0 aliphatic carbocycles. The monoisotopic (exact) mass is 410 g/mol. The number of nitrogen functional groups attached to an aromatic ring is 1. The summed E-state index contributed by atoms with van der Waals surface area (Å²) in [7, 11) is 0. The van der Waals surface area contributed by atoms with E-state index < -0.39 is 0 Å². The van der Waals surface area contributed by atoms with Crippen LogP contribution in [0.5, 0.6) is 0 Å². The summed E-state index contributed by atoms with van der Waals surface area (Å²) in [5.74, 6) is -0.520. The first-order valence-electron chi connectivity index (χ1n) is 8.33. The van der Waals surface area contributed by atoms with Gasteiger partial charge < -0.3 is 16.8 Å². The third-order valence-electron chi connectivity index (χ3n) is 4.47. The van der Waals surface area contributed by atoms with Gasteiger partial charge in [0.05, 0.1) is 11.6 Å². The topological polar surface area (TPSA) is 101 Å². The number of nitrogens with zero attached hydrogens (tertiary/aromatic N) is 1. The lowest BCUT2D eigenvalue weighted by atomic mass is 10.1. The number of likely N-dealkylation sites (tertiary alicyclic amines) is 1. The van der Waals surface area contributed by atoms with Gasteiger partial charge in [-0.2, -0.15) is 0 Å². The van der Waals surface area contributed by atoms with Crippen molar-refractivity contribution < 1.29 is 9.59 Å². The summed E-state index contributed by atoms with van der Waals surface area (Å²) in [6, 6.07) is 14.3. The van der Waals surface area contributed by atoms with Crippen molar-refractivity contribution in [2.45, 2.75) is 25.4 Å². The average Bonchev–Trinajstić information content (AvgIpc) is 3.04. The smallest absolute Gasteiger partial charge is 0.257 e. The summed E-state index contributed by atoms with van der Waals surface area (Å²) < 4.78 is 0. The van der Waals surface area contributed by atoms with Crippen LogP contribution in [-0.2, 0) is 11.3 Å². The third-order valence-corrected chi connectivity index (χ3v) is 4.47. The molecule has 2 aromatic rings. The summed E-state index contributed by atoms with van der Waals surface area (Å²) in [6.07, 6.45) is 1.77. The molecule has 5 N–H and O–H groups in total. The standard InChI is InChI=1S/C19H22N4O2.2ClH/c20-16-8-2-1-7-15(16)19(25)22-14-6-3-5-13(11-14)12-23-10-4-9-17(23)18(21)24;;/h1-3,5-8,11,17H,4,9-10,12,20H2,(H2,21,24)(H,22,25);2*1H. The van der Waals surface area contributed by atoms with Crippen LogP contribution in [-0.4, -0.2) is 29.3 Å². The molecular formula is C19H24Cl2N4O2. The van der Waals surface area contributed by atoms with Gasteiger partial charge >= 0.3 is 0 Å². The zero-order chi connectivity index (χ0) is 17.8. The molecular weight excluding hydrogens is 387 g/mol. The lowest BCUT2D eigenvalue weighted by molar-refractivity contribution is -0.122. The molecule has 1 atom stereocenters. The number of halogens is 2. The molecule has 0 saturated carbocycles. The minimum Gasteiger partial charge on any atom is -0.398 e. The number of carbonyl (C=O) groups is 2. The second-order valence-corrected chi connectivity index (χ2v) is 6.27. The Labute approximate surface area is 171 Å². The highest BCUT2D eigenvalue weighted by Gasteiger charge is 2.28. The number of hydrogen-bond donors (Lipinski definition) is 3. The number of rotatable bonds is 5. The maximum absolute atomic E-state index is 12.4. The normalized spacial score (nSPS) is 16.1. The molecule has 27 heavy (non-hydrogen) atoms. The minimum absolute atomic E-state index is 0. The lowest BCUT2D eigenvalue weighted by Gasteiger charge is -2.22. The highest BCUT2D eigenvalue weighted by molar-refractivity contribution is 6.07. The van der Waals surface area contributed by atoms with Gasteiger partial charge in [0.15, 0.2) is 0 Å². The molecule has 0 bridgehead atoms. The van der Waals surface area contributed by atoms with E-state index in [1.54, 1.807) is 24.3 Å². The molecule has 1 saturated heterocycles. The highest BCUT2D eigenvalue weighted by atomic mass is 35.5. The predicted molar refractivity (Wildman–Crippen MR) is 112 cm³/mol. The molecule has 1 aliphatic heterocycles. The Kier molecular flexibility index (Phi) is 8.56. The fourth-order valence-corrected chi connectivity index (χ4v) is 3.22. The maximum atomic E-state index is 12.4. The first-order chi connectivity index (χ1) is 12.0. The number of amides is 2. The molecule has 6 nitrogen and oxygen atoms in total. The van der Waals surface area contributed by atoms with Crippen molar-refractivity contribution in [3.63, 3.8) is 0 Å². The fraction of sp³-hybridized carbons (Fsp3) is 0.263. The van der Waals surface area contributed by atoms with Crippen LogP contribution in [0, 0.1) is 0 Å². The predicted octanol–water partition coefficient (Wildman–Crippen LogP) is 2.81. The van der Waals surface area contributed by atoms with Crippen LogP contribution < -0.4 is 16.8 Å². The van der Waals surface area contributed by atoms with Crippen molar-refractivity contribution in [3.8, 4) is 0 Å². The van der Waals surface area contributed by atoms with Gasteiger partial charge in [-0.15, -0.1) is 24.8 Å². The second kappa shape index (κ2) is 10.2. The molecule has 0 aromatic heterocycles. The Morgan fingerprint density at radius 2 is 1.85 bits per heavy atom. The van der Waals surface area contributed by atoms with Crippen LogP contribution in [0.3, 0.4) is 0 Å². The Morgan fingerprint density at radius 1 is 1.11 bits per heavy atom. The SMILES string of the molecule is Cl.Cl.NC(=O)C1CCCN1Cc1cccc(NC(=O)c2ccccc2N)c1. The van der Waals surface area contributed by atoms with Crippen LogP contribution in [0.2, 0.25) is 0 Å². The van der Waals surface area contributed by atoms with Gasteiger partial charge in [-0.3, -0.25) is 14.5 Å². The maximum Gasteiger partial charge on any atom is 0.257 e. The number of hydrogen-bond acceptors (Lipinski definition) is 4. The highest BCUT2D eigenvalue weighted by Crippen LogP contribution is 2.22. The van der Waals surface area contributed by atoms with Crippen LogP contribution in [0.4, 0.5) is 11.4 Å². The van der Waals surface area contributed by atoms with E-state index >= 15 is 0 Å². The molecule has 1 unspecified atom stereocenters. The second-order valence-electron chi connectivity index (χ2n) is 6.27. The van der Waals surface area contributed by atoms with E-state index in [1.165, 1.54) is 0 Å². The van der Waals surface area contributed by atoms with Crippen molar-refractivity contribution in [2.24, 2.45) is 5.73 Å². The van der Waals surface area contributed by atoms with Gasteiger partial charge in [-0.25, -0.2) is 0 Å². The van der Waals surface area contributed by atoms with E-state index in [4.69, 9.17) is 11.5 Å². The lowest BCUT2D eigenvalue weighted by Crippen LogP contribution is -2.39. The summed E-state index contributed by atoms with van der Waals surface area (Å²) >= 11 is 0. The number of anilines is 2. The van der Waals surface area contributed by atoms with Gasteiger partial charge in [0.25, 0.3) is 5.91 Å². The Hall–Kier alpha value is -2.28.